The van der Waals surface area contributed by atoms with E-state index < -0.39 is 0 Å². The van der Waals surface area contributed by atoms with Gasteiger partial charge in [-0.2, -0.15) is 0 Å². The quantitative estimate of drug-likeness (QED) is 0.374. The molecule has 0 bridgehead atoms. The summed E-state index contributed by atoms with van der Waals surface area (Å²) in [6.07, 6.45) is 2.40. The number of ether oxygens (including phenoxy) is 2. The van der Waals surface area contributed by atoms with Crippen LogP contribution in [0.25, 0.3) is 0 Å². The van der Waals surface area contributed by atoms with Gasteiger partial charge < -0.3 is 20.1 Å². The molecule has 3 aromatic rings. The zero-order valence-corrected chi connectivity index (χ0v) is 22.6. The van der Waals surface area contributed by atoms with Crippen molar-refractivity contribution in [1.82, 2.24) is 10.2 Å². The molecule has 0 spiro atoms. The molecule has 7 nitrogen and oxygen atoms in total. The molecule has 2 amide bonds. The predicted molar refractivity (Wildman–Crippen MR) is 150 cm³/mol. The minimum atomic E-state index is -0.227. The molecule has 1 fully saturated rings. The van der Waals surface area contributed by atoms with E-state index in [1.807, 2.05) is 48.5 Å². The maximum absolute atomic E-state index is 13.2. The summed E-state index contributed by atoms with van der Waals surface area (Å²) in [6, 6.07) is 20.6. The van der Waals surface area contributed by atoms with Gasteiger partial charge in [-0.15, -0.1) is 0 Å². The molecule has 4 rings (SSSR count). The van der Waals surface area contributed by atoms with Crippen LogP contribution < -0.4 is 20.1 Å². The van der Waals surface area contributed by atoms with Gasteiger partial charge in [-0.05, 0) is 73.3 Å². The van der Waals surface area contributed by atoms with Crippen molar-refractivity contribution in [2.24, 2.45) is 5.92 Å². The van der Waals surface area contributed by atoms with Gasteiger partial charge in [0.1, 0.15) is 0 Å². The molecule has 1 heterocycles. The highest BCUT2D eigenvalue weighted by Gasteiger charge is 2.26. The number of halogens is 1. The highest BCUT2D eigenvalue weighted by atomic mass is 35.5. The first-order chi connectivity index (χ1) is 18.5. The third-order valence-electron chi connectivity index (χ3n) is 6.77. The summed E-state index contributed by atoms with van der Waals surface area (Å²) in [4.78, 5) is 28.5. The van der Waals surface area contributed by atoms with E-state index in [1.54, 1.807) is 32.4 Å². The molecule has 0 radical (unpaired) electrons. The lowest BCUT2D eigenvalue weighted by Crippen LogP contribution is -2.40. The van der Waals surface area contributed by atoms with Crippen molar-refractivity contribution in [3.8, 4) is 11.5 Å². The minimum absolute atomic E-state index is 0.0589. The first-order valence-corrected chi connectivity index (χ1v) is 13.2. The standard InChI is InChI=1S/C30H34ClN3O4/c1-37-27-14-11-21(18-28(27)38-2)15-16-32-30(36)25-7-3-4-8-26(25)33-29(35)23-6-5-17-34(20-23)19-22-9-12-24(31)13-10-22/h3-4,7-14,18,23H,5-6,15-17,19-20H2,1-2H3,(H,32,36)(H,33,35). The van der Waals surface area contributed by atoms with E-state index in [2.05, 4.69) is 15.5 Å². The van der Waals surface area contributed by atoms with E-state index in [-0.39, 0.29) is 17.7 Å². The molecule has 1 unspecified atom stereocenters. The van der Waals surface area contributed by atoms with Gasteiger partial charge in [0.2, 0.25) is 5.91 Å². The smallest absolute Gasteiger partial charge is 0.253 e. The Bertz CT molecular complexity index is 1250. The van der Waals surface area contributed by atoms with Crippen LogP contribution in [-0.4, -0.2) is 50.6 Å². The Balaban J connectivity index is 1.33. The zero-order valence-electron chi connectivity index (χ0n) is 21.8. The van der Waals surface area contributed by atoms with Crippen LogP contribution in [0.2, 0.25) is 5.02 Å². The number of rotatable bonds is 10. The van der Waals surface area contributed by atoms with Crippen LogP contribution in [0.15, 0.2) is 66.7 Å². The second kappa shape index (κ2) is 13.3. The highest BCUT2D eigenvalue weighted by molar-refractivity contribution is 6.30. The van der Waals surface area contributed by atoms with Crippen LogP contribution in [-0.2, 0) is 17.8 Å². The lowest BCUT2D eigenvalue weighted by molar-refractivity contribution is -0.121. The topological polar surface area (TPSA) is 79.9 Å². The summed E-state index contributed by atoms with van der Waals surface area (Å²) < 4.78 is 10.6. The second-order valence-electron chi connectivity index (χ2n) is 9.43. The average molecular weight is 536 g/mol. The van der Waals surface area contributed by atoms with Crippen LogP contribution in [0, 0.1) is 5.92 Å². The van der Waals surface area contributed by atoms with Gasteiger partial charge >= 0.3 is 0 Å². The fourth-order valence-electron chi connectivity index (χ4n) is 4.74. The zero-order chi connectivity index (χ0) is 26.9. The van der Waals surface area contributed by atoms with E-state index in [9.17, 15) is 9.59 Å². The molecule has 2 N–H and O–H groups in total. The number of anilines is 1. The summed E-state index contributed by atoms with van der Waals surface area (Å²) in [6.45, 7) is 2.85. The number of benzene rings is 3. The number of hydrogen-bond acceptors (Lipinski definition) is 5. The number of nitrogens with one attached hydrogen (secondary N) is 2. The van der Waals surface area contributed by atoms with Crippen molar-refractivity contribution in [3.63, 3.8) is 0 Å². The fraction of sp³-hybridized carbons (Fsp3) is 0.333. The average Bonchev–Trinajstić information content (AvgIpc) is 2.94. The summed E-state index contributed by atoms with van der Waals surface area (Å²) in [5.74, 6) is 0.887. The van der Waals surface area contributed by atoms with E-state index >= 15 is 0 Å². The third kappa shape index (κ3) is 7.27. The maximum atomic E-state index is 13.2. The van der Waals surface area contributed by atoms with Crippen LogP contribution >= 0.6 is 11.6 Å². The molecular formula is C30H34ClN3O4. The Morgan fingerprint density at radius 3 is 2.47 bits per heavy atom. The van der Waals surface area contributed by atoms with Crippen LogP contribution in [0.3, 0.4) is 0 Å². The molecule has 3 aromatic carbocycles. The number of para-hydroxylation sites is 1. The first-order valence-electron chi connectivity index (χ1n) is 12.8. The van der Waals surface area contributed by atoms with Gasteiger partial charge in [-0.1, -0.05) is 41.9 Å². The molecule has 200 valence electrons. The number of piperidine rings is 1. The van der Waals surface area contributed by atoms with Crippen LogP contribution in [0.5, 0.6) is 11.5 Å². The third-order valence-corrected chi connectivity index (χ3v) is 7.02. The van der Waals surface area contributed by atoms with Crippen molar-refractivity contribution in [1.29, 1.82) is 0 Å². The Morgan fingerprint density at radius 1 is 0.974 bits per heavy atom. The molecule has 1 saturated heterocycles. The number of carbonyl (C=O) groups is 2. The number of hydrogen-bond donors (Lipinski definition) is 2. The minimum Gasteiger partial charge on any atom is -0.493 e. The Hall–Kier alpha value is -3.55. The molecular weight excluding hydrogens is 502 g/mol. The summed E-state index contributed by atoms with van der Waals surface area (Å²) in [5.41, 5.74) is 3.16. The lowest BCUT2D eigenvalue weighted by Gasteiger charge is -2.32. The van der Waals surface area contributed by atoms with Crippen molar-refractivity contribution >= 4 is 29.1 Å². The molecule has 1 atom stereocenters. The SMILES string of the molecule is COc1ccc(CCNC(=O)c2ccccc2NC(=O)C2CCCN(Cc3ccc(Cl)cc3)C2)cc1OC. The van der Waals surface area contributed by atoms with Crippen molar-refractivity contribution in [3.05, 3.63) is 88.4 Å². The van der Waals surface area contributed by atoms with Gasteiger partial charge in [0, 0.05) is 24.7 Å². The van der Waals surface area contributed by atoms with Gasteiger partial charge in [-0.3, -0.25) is 14.5 Å². The molecule has 38 heavy (non-hydrogen) atoms. The van der Waals surface area contributed by atoms with E-state index in [0.29, 0.717) is 47.3 Å². The predicted octanol–water partition coefficient (Wildman–Crippen LogP) is 5.18. The number of nitrogens with zero attached hydrogens (tertiary/aromatic N) is 1. The first kappa shape index (κ1) is 27.5. The largest absolute Gasteiger partial charge is 0.493 e. The van der Waals surface area contributed by atoms with E-state index in [4.69, 9.17) is 21.1 Å². The van der Waals surface area contributed by atoms with Gasteiger partial charge in [0.15, 0.2) is 11.5 Å². The molecule has 0 saturated carbocycles. The van der Waals surface area contributed by atoms with Crippen molar-refractivity contribution in [2.75, 3.05) is 39.2 Å². The Morgan fingerprint density at radius 2 is 1.71 bits per heavy atom. The van der Waals surface area contributed by atoms with E-state index in [1.165, 1.54) is 5.56 Å². The molecule has 1 aliphatic heterocycles. The Labute approximate surface area is 229 Å². The molecule has 1 aliphatic rings. The van der Waals surface area contributed by atoms with Crippen LogP contribution in [0.1, 0.15) is 34.3 Å². The molecule has 0 aromatic heterocycles. The van der Waals surface area contributed by atoms with E-state index in [0.717, 1.165) is 31.5 Å². The summed E-state index contributed by atoms with van der Waals surface area (Å²) in [5, 5.41) is 6.70. The Kier molecular flexibility index (Phi) is 9.62. The second-order valence-corrected chi connectivity index (χ2v) is 9.87. The summed E-state index contributed by atoms with van der Waals surface area (Å²) in [7, 11) is 3.19. The van der Waals surface area contributed by atoms with Crippen molar-refractivity contribution in [2.45, 2.75) is 25.8 Å². The molecule has 8 heteroatoms. The fourth-order valence-corrected chi connectivity index (χ4v) is 4.86. The normalized spacial score (nSPS) is 15.5. The highest BCUT2D eigenvalue weighted by Crippen LogP contribution is 2.28. The number of methoxy groups -OCH3 is 2. The number of amides is 2. The maximum Gasteiger partial charge on any atom is 0.253 e. The van der Waals surface area contributed by atoms with Crippen LogP contribution in [0.4, 0.5) is 5.69 Å². The lowest BCUT2D eigenvalue weighted by atomic mass is 9.96. The number of likely N-dealkylation sites (tertiary alicyclic amines) is 1. The molecule has 0 aliphatic carbocycles. The monoisotopic (exact) mass is 535 g/mol. The van der Waals surface area contributed by atoms with Gasteiger partial charge in [-0.25, -0.2) is 0 Å². The summed E-state index contributed by atoms with van der Waals surface area (Å²) >= 11 is 6.00. The van der Waals surface area contributed by atoms with Crippen molar-refractivity contribution < 1.29 is 19.1 Å². The van der Waals surface area contributed by atoms with Gasteiger partial charge in [0.05, 0.1) is 31.4 Å². The number of carbonyl (C=O) groups excluding carboxylic acids is 2. The van der Waals surface area contributed by atoms with Gasteiger partial charge in [0.25, 0.3) is 5.91 Å².